The molecule has 29 heavy (non-hydrogen) atoms. The predicted molar refractivity (Wildman–Crippen MR) is 112 cm³/mol. The lowest BCUT2D eigenvalue weighted by Gasteiger charge is -2.18. The molecule has 1 aliphatic heterocycles. The normalized spacial score (nSPS) is 14.0. The zero-order chi connectivity index (χ0) is 20.5. The number of nitrogens with zero attached hydrogens (tertiary/aromatic N) is 1. The molecule has 1 heterocycles. The highest BCUT2D eigenvalue weighted by molar-refractivity contribution is 6.46. The monoisotopic (exact) mass is 386 g/mol. The Morgan fingerprint density at radius 1 is 0.828 bits per heavy atom. The van der Waals surface area contributed by atoms with Crippen LogP contribution >= 0.6 is 0 Å². The van der Waals surface area contributed by atoms with Gasteiger partial charge in [0.15, 0.2) is 0 Å². The summed E-state index contributed by atoms with van der Waals surface area (Å²) in [5.41, 5.74) is 4.07. The fourth-order valence-corrected chi connectivity index (χ4v) is 3.47. The molecule has 0 unspecified atom stereocenters. The van der Waals surface area contributed by atoms with Crippen LogP contribution in [0, 0.1) is 19.7 Å². The minimum atomic E-state index is -0.440. The largest absolute Gasteiger partial charge is 0.350 e. The van der Waals surface area contributed by atoms with Gasteiger partial charge in [0, 0.05) is 5.69 Å². The number of hydrogen-bond acceptors (Lipinski definition) is 3. The first-order chi connectivity index (χ1) is 14.0. The molecule has 3 aromatic carbocycles. The molecule has 0 aliphatic carbocycles. The van der Waals surface area contributed by atoms with Gasteiger partial charge in [-0.25, -0.2) is 9.29 Å². The molecular formula is C24H19FN2O2. The van der Waals surface area contributed by atoms with Gasteiger partial charge >= 0.3 is 0 Å². The van der Waals surface area contributed by atoms with E-state index in [1.54, 1.807) is 18.2 Å². The summed E-state index contributed by atoms with van der Waals surface area (Å²) < 4.78 is 13.3. The number of hydrogen-bond donors (Lipinski definition) is 1. The van der Waals surface area contributed by atoms with Crippen molar-refractivity contribution < 1.29 is 14.0 Å². The first-order valence-electron chi connectivity index (χ1n) is 9.24. The molecule has 1 N–H and O–H groups in total. The van der Waals surface area contributed by atoms with Gasteiger partial charge in [0.05, 0.1) is 11.3 Å². The predicted octanol–water partition coefficient (Wildman–Crippen LogP) is 4.84. The van der Waals surface area contributed by atoms with Crippen LogP contribution in [0.25, 0.3) is 5.57 Å². The van der Waals surface area contributed by atoms with Crippen molar-refractivity contribution in [1.82, 2.24) is 0 Å². The van der Waals surface area contributed by atoms with Crippen molar-refractivity contribution in [3.8, 4) is 0 Å². The fourth-order valence-electron chi connectivity index (χ4n) is 3.47. The Bertz CT molecular complexity index is 1140. The lowest BCUT2D eigenvalue weighted by molar-refractivity contribution is -0.120. The van der Waals surface area contributed by atoms with Gasteiger partial charge in [-0.3, -0.25) is 9.59 Å². The van der Waals surface area contributed by atoms with Crippen molar-refractivity contribution in [2.75, 3.05) is 10.2 Å². The van der Waals surface area contributed by atoms with E-state index in [1.807, 2.05) is 44.2 Å². The number of imide groups is 1. The highest BCUT2D eigenvalue weighted by Gasteiger charge is 2.40. The second-order valence-corrected chi connectivity index (χ2v) is 6.98. The zero-order valence-corrected chi connectivity index (χ0v) is 16.1. The summed E-state index contributed by atoms with van der Waals surface area (Å²) >= 11 is 0. The van der Waals surface area contributed by atoms with Crippen LogP contribution < -0.4 is 10.2 Å². The summed E-state index contributed by atoms with van der Waals surface area (Å²) in [5.74, 6) is -1.21. The molecule has 144 valence electrons. The van der Waals surface area contributed by atoms with Crippen LogP contribution in [0.15, 0.2) is 78.5 Å². The number of benzene rings is 3. The van der Waals surface area contributed by atoms with Crippen molar-refractivity contribution >= 4 is 28.8 Å². The van der Waals surface area contributed by atoms with Gasteiger partial charge < -0.3 is 5.32 Å². The summed E-state index contributed by atoms with van der Waals surface area (Å²) in [6, 6.07) is 20.3. The lowest BCUT2D eigenvalue weighted by atomic mass is 10.0. The average molecular weight is 386 g/mol. The number of carbonyl (C=O) groups excluding carboxylic acids is 2. The maximum atomic E-state index is 13.4. The summed E-state index contributed by atoms with van der Waals surface area (Å²) in [5, 5.41) is 3.03. The third-order valence-electron chi connectivity index (χ3n) is 4.85. The number of amides is 2. The molecule has 3 aromatic rings. The van der Waals surface area contributed by atoms with Crippen molar-refractivity contribution in [3.05, 3.63) is 101 Å². The summed E-state index contributed by atoms with van der Waals surface area (Å²) in [4.78, 5) is 27.9. The van der Waals surface area contributed by atoms with Gasteiger partial charge in [-0.15, -0.1) is 0 Å². The van der Waals surface area contributed by atoms with Crippen LogP contribution in [-0.4, -0.2) is 11.8 Å². The number of nitrogens with one attached hydrogen (secondary N) is 1. The van der Waals surface area contributed by atoms with E-state index in [9.17, 15) is 14.0 Å². The second kappa shape index (κ2) is 7.36. The molecule has 1 aliphatic rings. The van der Waals surface area contributed by atoms with Crippen LogP contribution in [0.5, 0.6) is 0 Å². The van der Waals surface area contributed by atoms with E-state index >= 15 is 0 Å². The van der Waals surface area contributed by atoms with E-state index in [0.29, 0.717) is 22.5 Å². The molecule has 4 rings (SSSR count). The van der Waals surface area contributed by atoms with Gasteiger partial charge in [0.1, 0.15) is 11.5 Å². The molecule has 0 radical (unpaired) electrons. The quantitative estimate of drug-likeness (QED) is 0.653. The Hall–Kier alpha value is -3.73. The van der Waals surface area contributed by atoms with Crippen LogP contribution in [0.4, 0.5) is 15.8 Å². The van der Waals surface area contributed by atoms with Crippen LogP contribution in [-0.2, 0) is 9.59 Å². The minimum Gasteiger partial charge on any atom is -0.350 e. The fraction of sp³-hybridized carbons (Fsp3) is 0.0833. The van der Waals surface area contributed by atoms with E-state index in [4.69, 9.17) is 0 Å². The summed E-state index contributed by atoms with van der Waals surface area (Å²) in [7, 11) is 0. The Balaban J connectivity index is 1.82. The maximum absolute atomic E-state index is 13.4. The van der Waals surface area contributed by atoms with Crippen molar-refractivity contribution in [2.24, 2.45) is 0 Å². The third-order valence-corrected chi connectivity index (χ3v) is 4.85. The molecule has 0 bridgehead atoms. The third kappa shape index (κ3) is 3.43. The molecule has 5 heteroatoms. The van der Waals surface area contributed by atoms with Crippen molar-refractivity contribution in [2.45, 2.75) is 13.8 Å². The number of aryl methyl sites for hydroxylation is 2. The standard InChI is InChI=1S/C24H19FN2O2/c1-15-8-13-20(16(2)14-15)27-23(28)21(17-6-4-3-5-7-17)22(24(27)29)26-19-11-9-18(25)10-12-19/h3-14,26H,1-2H3. The van der Waals surface area contributed by atoms with Crippen LogP contribution in [0.1, 0.15) is 16.7 Å². The van der Waals surface area contributed by atoms with E-state index in [0.717, 1.165) is 11.1 Å². The summed E-state index contributed by atoms with van der Waals surface area (Å²) in [6.45, 7) is 3.83. The number of carbonyl (C=O) groups is 2. The maximum Gasteiger partial charge on any atom is 0.282 e. The highest BCUT2D eigenvalue weighted by atomic mass is 19.1. The number of halogens is 1. The van der Waals surface area contributed by atoms with E-state index < -0.39 is 11.8 Å². The molecular weight excluding hydrogens is 367 g/mol. The van der Waals surface area contributed by atoms with Crippen LogP contribution in [0.2, 0.25) is 0 Å². The van der Waals surface area contributed by atoms with Gasteiger partial charge in [-0.05, 0) is 55.3 Å². The Morgan fingerprint density at radius 3 is 2.17 bits per heavy atom. The van der Waals surface area contributed by atoms with Crippen LogP contribution in [0.3, 0.4) is 0 Å². The number of rotatable bonds is 4. The molecule has 0 spiro atoms. The van der Waals surface area contributed by atoms with Gasteiger partial charge in [0.25, 0.3) is 11.8 Å². The van der Waals surface area contributed by atoms with Crippen molar-refractivity contribution in [1.29, 1.82) is 0 Å². The Labute approximate surface area is 168 Å². The van der Waals surface area contributed by atoms with Crippen molar-refractivity contribution in [3.63, 3.8) is 0 Å². The molecule has 0 atom stereocenters. The molecule has 0 saturated carbocycles. The van der Waals surface area contributed by atoms with E-state index in [1.165, 1.54) is 29.2 Å². The van der Waals surface area contributed by atoms with Gasteiger partial charge in [-0.1, -0.05) is 48.0 Å². The van der Waals surface area contributed by atoms with E-state index in [-0.39, 0.29) is 11.5 Å². The minimum absolute atomic E-state index is 0.174. The lowest BCUT2D eigenvalue weighted by Crippen LogP contribution is -2.33. The first kappa shape index (κ1) is 18.6. The smallest absolute Gasteiger partial charge is 0.282 e. The molecule has 2 amide bonds. The topological polar surface area (TPSA) is 49.4 Å². The molecule has 4 nitrogen and oxygen atoms in total. The average Bonchev–Trinajstić information content (AvgIpc) is 2.94. The Morgan fingerprint density at radius 2 is 1.52 bits per heavy atom. The van der Waals surface area contributed by atoms with Gasteiger partial charge in [-0.2, -0.15) is 0 Å². The van der Waals surface area contributed by atoms with E-state index in [2.05, 4.69) is 5.32 Å². The molecule has 0 aromatic heterocycles. The second-order valence-electron chi connectivity index (χ2n) is 6.98. The highest BCUT2D eigenvalue weighted by Crippen LogP contribution is 2.35. The first-order valence-corrected chi connectivity index (χ1v) is 9.24. The zero-order valence-electron chi connectivity index (χ0n) is 16.1. The summed E-state index contributed by atoms with van der Waals surface area (Å²) in [6.07, 6.45) is 0. The molecule has 0 fully saturated rings. The Kier molecular flexibility index (Phi) is 4.72. The van der Waals surface area contributed by atoms with Gasteiger partial charge in [0.2, 0.25) is 0 Å². The molecule has 0 saturated heterocycles. The SMILES string of the molecule is Cc1ccc(N2C(=O)C(Nc3ccc(F)cc3)=C(c3ccccc3)C2=O)c(C)c1. The number of anilines is 2.